The van der Waals surface area contributed by atoms with E-state index in [2.05, 4.69) is 0 Å². The molecule has 1 aliphatic heterocycles. The summed E-state index contributed by atoms with van der Waals surface area (Å²) in [6.07, 6.45) is 2.03. The van der Waals surface area contributed by atoms with E-state index in [0.29, 0.717) is 5.92 Å². The minimum absolute atomic E-state index is 0.0956. The molecular formula is C14H17N3O3. The highest BCUT2D eigenvalue weighted by molar-refractivity contribution is 5.60. The summed E-state index contributed by atoms with van der Waals surface area (Å²) in [5, 5.41) is 19.8. The fourth-order valence-corrected chi connectivity index (χ4v) is 2.42. The zero-order chi connectivity index (χ0) is 14.5. The maximum Gasteiger partial charge on any atom is 0.289 e. The highest BCUT2D eigenvalue weighted by atomic mass is 16.6. The molecule has 1 fully saturated rings. The summed E-state index contributed by atoms with van der Waals surface area (Å²) in [5.74, 6) is 0.545. The topological polar surface area (TPSA) is 79.4 Å². The van der Waals surface area contributed by atoms with Gasteiger partial charge in [-0.2, -0.15) is 5.26 Å². The molecule has 0 atom stereocenters. The Bertz CT molecular complexity index is 533. The van der Waals surface area contributed by atoms with Crippen molar-refractivity contribution in [3.8, 4) is 6.07 Å². The van der Waals surface area contributed by atoms with Gasteiger partial charge in [-0.05, 0) is 30.9 Å². The van der Waals surface area contributed by atoms with E-state index in [1.165, 1.54) is 12.1 Å². The second-order valence-electron chi connectivity index (χ2n) is 5.01. The van der Waals surface area contributed by atoms with E-state index in [1.54, 1.807) is 6.07 Å². The lowest BCUT2D eigenvalue weighted by atomic mass is 9.99. The first kappa shape index (κ1) is 14.3. The number of nitro groups is 1. The summed E-state index contributed by atoms with van der Waals surface area (Å²) in [7, 11) is 1.92. The van der Waals surface area contributed by atoms with Gasteiger partial charge in [0.05, 0.1) is 4.92 Å². The summed E-state index contributed by atoms with van der Waals surface area (Å²) in [4.78, 5) is 12.5. The highest BCUT2D eigenvalue weighted by Gasteiger charge is 2.19. The van der Waals surface area contributed by atoms with Crippen LogP contribution in [0.5, 0.6) is 0 Å². The predicted molar refractivity (Wildman–Crippen MR) is 74.6 cm³/mol. The molecule has 1 aliphatic rings. The zero-order valence-corrected chi connectivity index (χ0v) is 11.4. The second-order valence-corrected chi connectivity index (χ2v) is 5.01. The molecule has 20 heavy (non-hydrogen) atoms. The number of anilines is 1. The maximum absolute atomic E-state index is 11.0. The summed E-state index contributed by atoms with van der Waals surface area (Å²) in [5.41, 5.74) is 0.726. The molecule has 0 aliphatic carbocycles. The average Bonchev–Trinajstić information content (AvgIpc) is 2.47. The Morgan fingerprint density at radius 1 is 1.50 bits per heavy atom. The van der Waals surface area contributed by atoms with Crippen molar-refractivity contribution >= 4 is 11.4 Å². The predicted octanol–water partition coefficient (Wildman–Crippen LogP) is 2.33. The minimum Gasteiger partial charge on any atom is -0.381 e. The van der Waals surface area contributed by atoms with Crippen LogP contribution in [0.15, 0.2) is 18.2 Å². The van der Waals surface area contributed by atoms with Gasteiger partial charge < -0.3 is 9.64 Å². The van der Waals surface area contributed by atoms with Crippen LogP contribution in [0.25, 0.3) is 0 Å². The fraction of sp³-hybridized carbons (Fsp3) is 0.500. The third kappa shape index (κ3) is 3.25. The van der Waals surface area contributed by atoms with E-state index >= 15 is 0 Å². The number of nitrogens with zero attached hydrogens (tertiary/aromatic N) is 3. The van der Waals surface area contributed by atoms with Crippen LogP contribution in [0.3, 0.4) is 0 Å². The van der Waals surface area contributed by atoms with Gasteiger partial charge in [-0.3, -0.25) is 10.1 Å². The Morgan fingerprint density at radius 3 is 2.80 bits per heavy atom. The van der Waals surface area contributed by atoms with Gasteiger partial charge in [0.15, 0.2) is 0 Å². The quantitative estimate of drug-likeness (QED) is 0.622. The van der Waals surface area contributed by atoms with Crippen molar-refractivity contribution in [2.45, 2.75) is 12.8 Å². The molecule has 0 N–H and O–H groups in total. The lowest BCUT2D eigenvalue weighted by molar-refractivity contribution is -0.385. The SMILES string of the molecule is CN(CC1CCOCC1)c1ccc(C#N)c([N+](=O)[O-])c1. The van der Waals surface area contributed by atoms with Crippen LogP contribution in [0.2, 0.25) is 0 Å². The molecule has 1 saturated heterocycles. The van der Waals surface area contributed by atoms with Crippen molar-refractivity contribution < 1.29 is 9.66 Å². The molecule has 6 heteroatoms. The van der Waals surface area contributed by atoms with E-state index in [0.717, 1.165) is 38.3 Å². The number of hydrogen-bond acceptors (Lipinski definition) is 5. The molecule has 0 bridgehead atoms. The zero-order valence-electron chi connectivity index (χ0n) is 11.4. The van der Waals surface area contributed by atoms with E-state index in [4.69, 9.17) is 10.00 Å². The number of rotatable bonds is 4. The smallest absolute Gasteiger partial charge is 0.289 e. The van der Waals surface area contributed by atoms with Crippen molar-refractivity contribution in [3.05, 3.63) is 33.9 Å². The molecule has 1 heterocycles. The van der Waals surface area contributed by atoms with Crippen LogP contribution >= 0.6 is 0 Å². The second kappa shape index (κ2) is 6.35. The Balaban J connectivity index is 2.13. The number of hydrogen-bond donors (Lipinski definition) is 0. The molecule has 2 rings (SSSR count). The maximum atomic E-state index is 11.0. The summed E-state index contributed by atoms with van der Waals surface area (Å²) >= 11 is 0. The summed E-state index contributed by atoms with van der Waals surface area (Å²) < 4.78 is 5.32. The lowest BCUT2D eigenvalue weighted by Gasteiger charge is -2.28. The van der Waals surface area contributed by atoms with Gasteiger partial charge in [-0.25, -0.2) is 0 Å². The molecule has 0 aromatic heterocycles. The summed E-state index contributed by atoms with van der Waals surface area (Å²) in [6, 6.07) is 6.58. The van der Waals surface area contributed by atoms with Gasteiger partial charge >= 0.3 is 0 Å². The minimum atomic E-state index is -0.510. The third-order valence-electron chi connectivity index (χ3n) is 3.61. The first-order chi connectivity index (χ1) is 9.61. The van der Waals surface area contributed by atoms with Crippen LogP contribution in [-0.4, -0.2) is 31.7 Å². The molecule has 106 valence electrons. The molecule has 0 saturated carbocycles. The molecule has 6 nitrogen and oxygen atoms in total. The monoisotopic (exact) mass is 275 g/mol. The van der Waals surface area contributed by atoms with Crippen molar-refractivity contribution in [2.75, 3.05) is 31.7 Å². The lowest BCUT2D eigenvalue weighted by Crippen LogP contribution is -2.29. The molecule has 0 amide bonds. The van der Waals surface area contributed by atoms with E-state index < -0.39 is 4.92 Å². The molecule has 0 unspecified atom stereocenters. The third-order valence-corrected chi connectivity index (χ3v) is 3.61. The number of nitro benzene ring substituents is 1. The van der Waals surface area contributed by atoms with Crippen molar-refractivity contribution in [1.29, 1.82) is 5.26 Å². The summed E-state index contributed by atoms with van der Waals surface area (Å²) in [6.45, 7) is 2.41. The Morgan fingerprint density at radius 2 is 2.20 bits per heavy atom. The van der Waals surface area contributed by atoms with E-state index in [1.807, 2.05) is 18.0 Å². The average molecular weight is 275 g/mol. The highest BCUT2D eigenvalue weighted by Crippen LogP contribution is 2.26. The molecule has 0 spiro atoms. The number of ether oxygens (including phenoxy) is 1. The van der Waals surface area contributed by atoms with E-state index in [9.17, 15) is 10.1 Å². The van der Waals surface area contributed by atoms with Crippen LogP contribution in [0.1, 0.15) is 18.4 Å². The molecule has 1 aromatic rings. The van der Waals surface area contributed by atoms with Crippen molar-refractivity contribution in [1.82, 2.24) is 0 Å². The Hall–Kier alpha value is -2.13. The van der Waals surface area contributed by atoms with Gasteiger partial charge in [0, 0.05) is 38.6 Å². The fourth-order valence-electron chi connectivity index (χ4n) is 2.42. The molecular weight excluding hydrogens is 258 g/mol. The van der Waals surface area contributed by atoms with Crippen molar-refractivity contribution in [2.24, 2.45) is 5.92 Å². The first-order valence-electron chi connectivity index (χ1n) is 6.59. The van der Waals surface area contributed by atoms with Crippen LogP contribution in [0.4, 0.5) is 11.4 Å². The normalized spacial score (nSPS) is 15.6. The van der Waals surface area contributed by atoms with Gasteiger partial charge in [0.25, 0.3) is 5.69 Å². The van der Waals surface area contributed by atoms with Gasteiger partial charge in [-0.15, -0.1) is 0 Å². The van der Waals surface area contributed by atoms with Gasteiger partial charge in [0.2, 0.25) is 0 Å². The van der Waals surface area contributed by atoms with Crippen LogP contribution in [0, 0.1) is 27.4 Å². The Labute approximate surface area is 117 Å². The van der Waals surface area contributed by atoms with Gasteiger partial charge in [0.1, 0.15) is 11.6 Å². The van der Waals surface area contributed by atoms with Crippen LogP contribution < -0.4 is 4.90 Å². The largest absolute Gasteiger partial charge is 0.381 e. The standard InChI is InChI=1S/C14H17N3O3/c1-16(10-11-4-6-20-7-5-11)13-3-2-12(9-15)14(8-13)17(18)19/h2-3,8,11H,4-7,10H2,1H3. The first-order valence-corrected chi connectivity index (χ1v) is 6.59. The Kier molecular flexibility index (Phi) is 4.53. The molecule has 1 aromatic carbocycles. The van der Waals surface area contributed by atoms with Crippen molar-refractivity contribution in [3.63, 3.8) is 0 Å². The molecule has 0 radical (unpaired) electrons. The van der Waals surface area contributed by atoms with Crippen LogP contribution in [-0.2, 0) is 4.74 Å². The number of benzene rings is 1. The van der Waals surface area contributed by atoms with E-state index in [-0.39, 0.29) is 11.3 Å². The van der Waals surface area contributed by atoms with Gasteiger partial charge in [-0.1, -0.05) is 0 Å². The number of nitriles is 1.